The average Bonchev–Trinajstić information content (AvgIpc) is 2.50. The molecule has 4 heteroatoms. The molecule has 4 nitrogen and oxygen atoms in total. The maximum Gasteiger partial charge on any atom is 0.305 e. The molecule has 1 aliphatic heterocycles. The number of rotatable bonds is 1. The number of cyclic esters (lactones) is 1. The molecular weight excluding hydrogens is 254 g/mol. The zero-order valence-corrected chi connectivity index (χ0v) is 11.7. The van der Waals surface area contributed by atoms with Crippen LogP contribution < -0.4 is 4.74 Å². The van der Waals surface area contributed by atoms with Crippen LogP contribution in [-0.2, 0) is 16.0 Å². The number of nitrogens with zero attached hydrogens (tertiary/aromatic N) is 1. The maximum atomic E-state index is 11.5. The monoisotopic (exact) mass is 273 g/mol. The molecule has 0 radical (unpaired) electrons. The van der Waals surface area contributed by atoms with E-state index < -0.39 is 0 Å². The lowest BCUT2D eigenvalue weighted by atomic mass is 9.89. The molecule has 2 rings (SSSR count). The quantitative estimate of drug-likeness (QED) is 0.738. The largest absolute Gasteiger partial charge is 0.497 e. The van der Waals surface area contributed by atoms with Crippen LogP contribution in [0.4, 0.5) is 0 Å². The van der Waals surface area contributed by atoms with Crippen molar-refractivity contribution in [3.05, 3.63) is 29.3 Å². The molecule has 20 heavy (non-hydrogen) atoms. The predicted octanol–water partition coefficient (Wildman–Crippen LogP) is 2.96. The normalized spacial score (nSPS) is 20.0. The summed E-state index contributed by atoms with van der Waals surface area (Å²) in [4.78, 5) is 11.5. The fourth-order valence-electron chi connectivity index (χ4n) is 2.52. The third-order valence-electron chi connectivity index (χ3n) is 3.61. The summed E-state index contributed by atoms with van der Waals surface area (Å²) in [7, 11) is 1.63. The highest BCUT2D eigenvalue weighted by Gasteiger charge is 2.17. The molecule has 1 aliphatic rings. The minimum absolute atomic E-state index is 0.146. The Labute approximate surface area is 119 Å². The van der Waals surface area contributed by atoms with Gasteiger partial charge in [-0.2, -0.15) is 5.26 Å². The van der Waals surface area contributed by atoms with Crippen molar-refractivity contribution in [2.24, 2.45) is 0 Å². The molecule has 0 bridgehead atoms. The number of carbonyl (C=O) groups excluding carboxylic acids is 1. The molecule has 0 fully saturated rings. The van der Waals surface area contributed by atoms with Gasteiger partial charge in [-0.1, -0.05) is 6.07 Å². The minimum Gasteiger partial charge on any atom is -0.497 e. The molecule has 1 heterocycles. The number of benzene rings is 1. The standard InChI is InChI=1S/C16H19NO3/c1-19-14-7-8-15-12(10-14)4-2-6-16(18)20-9-3-5-13(15)11-17/h7-8,10,13H,2-6,9H2,1H3. The number of methoxy groups -OCH3 is 1. The SMILES string of the molecule is COc1ccc2c(c1)CCCC(=O)OCCCC2C#N. The number of esters is 1. The van der Waals surface area contributed by atoms with Gasteiger partial charge in [0.05, 0.1) is 25.7 Å². The maximum absolute atomic E-state index is 11.5. The van der Waals surface area contributed by atoms with Gasteiger partial charge in [-0.25, -0.2) is 0 Å². The summed E-state index contributed by atoms with van der Waals surface area (Å²) < 4.78 is 10.4. The number of fused-ring (bicyclic) bond motifs is 1. The third-order valence-corrected chi connectivity index (χ3v) is 3.61. The molecular formula is C16H19NO3. The van der Waals surface area contributed by atoms with Crippen LogP contribution in [0.1, 0.15) is 42.7 Å². The van der Waals surface area contributed by atoms with E-state index in [-0.39, 0.29) is 11.9 Å². The highest BCUT2D eigenvalue weighted by Crippen LogP contribution is 2.29. The first kappa shape index (κ1) is 14.4. The van der Waals surface area contributed by atoms with E-state index in [1.54, 1.807) is 7.11 Å². The van der Waals surface area contributed by atoms with Crippen LogP contribution >= 0.6 is 0 Å². The van der Waals surface area contributed by atoms with Crippen LogP contribution in [0, 0.1) is 11.3 Å². The Kier molecular flexibility index (Phi) is 5.00. The van der Waals surface area contributed by atoms with E-state index in [9.17, 15) is 10.1 Å². The van der Waals surface area contributed by atoms with E-state index in [0.717, 1.165) is 36.1 Å². The fourth-order valence-corrected chi connectivity index (χ4v) is 2.52. The van der Waals surface area contributed by atoms with Gasteiger partial charge in [0.1, 0.15) is 5.75 Å². The summed E-state index contributed by atoms with van der Waals surface area (Å²) in [5.41, 5.74) is 2.16. The first-order valence-corrected chi connectivity index (χ1v) is 6.96. The van der Waals surface area contributed by atoms with E-state index in [1.807, 2.05) is 18.2 Å². The molecule has 0 amide bonds. The van der Waals surface area contributed by atoms with Gasteiger partial charge in [-0.3, -0.25) is 4.79 Å². The summed E-state index contributed by atoms with van der Waals surface area (Å²) in [6, 6.07) is 8.21. The van der Waals surface area contributed by atoms with E-state index in [4.69, 9.17) is 9.47 Å². The second-order valence-corrected chi connectivity index (χ2v) is 4.96. The van der Waals surface area contributed by atoms with Crippen molar-refractivity contribution < 1.29 is 14.3 Å². The molecule has 0 aliphatic carbocycles. The molecule has 0 aromatic heterocycles. The van der Waals surface area contributed by atoms with Crippen LogP contribution in [0.15, 0.2) is 18.2 Å². The fraction of sp³-hybridized carbons (Fsp3) is 0.500. The summed E-state index contributed by atoms with van der Waals surface area (Å²) in [5, 5.41) is 9.38. The Morgan fingerprint density at radius 3 is 2.95 bits per heavy atom. The topological polar surface area (TPSA) is 59.3 Å². The minimum atomic E-state index is -0.148. The zero-order valence-electron chi connectivity index (χ0n) is 11.7. The van der Waals surface area contributed by atoms with Crippen LogP contribution in [-0.4, -0.2) is 19.7 Å². The molecule has 1 atom stereocenters. The second kappa shape index (κ2) is 6.95. The molecule has 0 spiro atoms. The van der Waals surface area contributed by atoms with Gasteiger partial charge in [0.2, 0.25) is 0 Å². The Morgan fingerprint density at radius 1 is 1.35 bits per heavy atom. The first-order valence-electron chi connectivity index (χ1n) is 6.96. The predicted molar refractivity (Wildman–Crippen MR) is 74.5 cm³/mol. The summed E-state index contributed by atoms with van der Waals surface area (Å²) in [6.45, 7) is 0.405. The summed E-state index contributed by atoms with van der Waals surface area (Å²) >= 11 is 0. The molecule has 1 unspecified atom stereocenters. The van der Waals surface area contributed by atoms with Gasteiger partial charge in [-0.05, 0) is 48.9 Å². The highest BCUT2D eigenvalue weighted by molar-refractivity contribution is 5.69. The summed E-state index contributed by atoms with van der Waals surface area (Å²) in [6.07, 6.45) is 3.35. The van der Waals surface area contributed by atoms with Gasteiger partial charge in [0.15, 0.2) is 0 Å². The first-order chi connectivity index (χ1) is 9.74. The smallest absolute Gasteiger partial charge is 0.305 e. The highest BCUT2D eigenvalue weighted by atomic mass is 16.5. The van der Waals surface area contributed by atoms with Crippen LogP contribution in [0.25, 0.3) is 0 Å². The number of ether oxygens (including phenoxy) is 2. The summed E-state index contributed by atoms with van der Waals surface area (Å²) in [5.74, 6) is 0.496. The molecule has 1 aromatic carbocycles. The van der Waals surface area contributed by atoms with Crippen LogP contribution in [0.3, 0.4) is 0 Å². The Morgan fingerprint density at radius 2 is 2.20 bits per heavy atom. The Bertz CT molecular complexity index is 519. The van der Waals surface area contributed by atoms with Gasteiger partial charge in [0, 0.05) is 6.42 Å². The van der Waals surface area contributed by atoms with Gasteiger partial charge in [0.25, 0.3) is 0 Å². The van der Waals surface area contributed by atoms with Gasteiger partial charge >= 0.3 is 5.97 Å². The van der Waals surface area contributed by atoms with Gasteiger partial charge in [-0.15, -0.1) is 0 Å². The lowest BCUT2D eigenvalue weighted by Crippen LogP contribution is -2.05. The number of hydrogen-bond acceptors (Lipinski definition) is 4. The Balaban J connectivity index is 2.30. The van der Waals surface area contributed by atoms with E-state index in [2.05, 4.69) is 6.07 Å². The van der Waals surface area contributed by atoms with E-state index in [0.29, 0.717) is 19.4 Å². The van der Waals surface area contributed by atoms with Crippen molar-refractivity contribution in [1.82, 2.24) is 0 Å². The van der Waals surface area contributed by atoms with Crippen molar-refractivity contribution in [3.8, 4) is 11.8 Å². The molecule has 106 valence electrons. The lowest BCUT2D eigenvalue weighted by molar-refractivity contribution is -0.143. The van der Waals surface area contributed by atoms with Crippen LogP contribution in [0.2, 0.25) is 0 Å². The van der Waals surface area contributed by atoms with Crippen molar-refractivity contribution in [3.63, 3.8) is 0 Å². The molecule has 0 saturated carbocycles. The molecule has 1 aromatic rings. The lowest BCUT2D eigenvalue weighted by Gasteiger charge is -2.15. The van der Waals surface area contributed by atoms with Crippen LogP contribution in [0.5, 0.6) is 5.75 Å². The van der Waals surface area contributed by atoms with Crippen molar-refractivity contribution in [1.29, 1.82) is 5.26 Å². The van der Waals surface area contributed by atoms with Gasteiger partial charge < -0.3 is 9.47 Å². The molecule has 0 saturated heterocycles. The number of aryl methyl sites for hydroxylation is 1. The molecule has 0 N–H and O–H groups in total. The number of hydrogen-bond donors (Lipinski definition) is 0. The van der Waals surface area contributed by atoms with Crippen molar-refractivity contribution >= 4 is 5.97 Å². The average molecular weight is 273 g/mol. The number of carbonyl (C=O) groups is 1. The van der Waals surface area contributed by atoms with E-state index >= 15 is 0 Å². The third kappa shape index (κ3) is 3.51. The van der Waals surface area contributed by atoms with Crippen molar-refractivity contribution in [2.45, 2.75) is 38.0 Å². The van der Waals surface area contributed by atoms with Crippen molar-refractivity contribution in [2.75, 3.05) is 13.7 Å². The Hall–Kier alpha value is -2.02. The second-order valence-electron chi connectivity index (χ2n) is 4.96. The zero-order chi connectivity index (χ0) is 14.4. The van der Waals surface area contributed by atoms with E-state index in [1.165, 1.54) is 0 Å². The number of nitriles is 1.